The Morgan fingerprint density at radius 3 is 2.48 bits per heavy atom. The van der Waals surface area contributed by atoms with Gasteiger partial charge in [0.1, 0.15) is 17.2 Å². The molecule has 2 aliphatic heterocycles. The highest BCUT2D eigenvalue weighted by atomic mass is 16.4. The van der Waals surface area contributed by atoms with E-state index in [0.717, 1.165) is 36.9 Å². The Balaban J connectivity index is 1.82. The predicted molar refractivity (Wildman–Crippen MR) is 129 cm³/mol. The summed E-state index contributed by atoms with van der Waals surface area (Å²) in [6.45, 7) is 11.0. The molecule has 0 unspecified atom stereocenters. The zero-order chi connectivity index (χ0) is 24.0. The number of hydrogen-bond donors (Lipinski definition) is 1. The second-order valence-corrected chi connectivity index (χ2v) is 10.1. The van der Waals surface area contributed by atoms with Crippen molar-refractivity contribution in [1.29, 1.82) is 5.26 Å². The molecular weight excluding hydrogens is 416 g/mol. The lowest BCUT2D eigenvalue weighted by Gasteiger charge is -2.48. The summed E-state index contributed by atoms with van der Waals surface area (Å²) in [6.07, 6.45) is 9.58. The summed E-state index contributed by atoms with van der Waals surface area (Å²) in [5.74, 6) is -1.28. The number of benzene rings is 1. The Morgan fingerprint density at radius 2 is 1.82 bits per heavy atom. The number of aliphatic carboxylic acids is 1. The first kappa shape index (κ1) is 22.6. The first-order valence-electron chi connectivity index (χ1n) is 11.1. The number of anilines is 1. The van der Waals surface area contributed by atoms with Gasteiger partial charge in [-0.1, -0.05) is 45.9 Å². The van der Waals surface area contributed by atoms with Crippen LogP contribution in [0, 0.1) is 11.3 Å². The first-order valence-corrected chi connectivity index (χ1v) is 11.1. The molecule has 0 spiro atoms. The summed E-state index contributed by atoms with van der Waals surface area (Å²) < 4.78 is 5.92. The van der Waals surface area contributed by atoms with Crippen LogP contribution in [0.15, 0.2) is 51.2 Å². The van der Waals surface area contributed by atoms with Crippen molar-refractivity contribution in [2.24, 2.45) is 0 Å². The van der Waals surface area contributed by atoms with E-state index in [9.17, 15) is 9.59 Å². The SMILES string of the molecule is CC1(C)CCN2CCC(C)(C)c3c2c1cc1cc(/C=C/C=C/C=C(/C#N)C(=O)O)c(=O)oc31. The third kappa shape index (κ3) is 4.00. The minimum Gasteiger partial charge on any atom is -0.477 e. The minimum absolute atomic E-state index is 0.0337. The molecule has 1 N–H and O–H groups in total. The summed E-state index contributed by atoms with van der Waals surface area (Å²) >= 11 is 0. The Morgan fingerprint density at radius 1 is 1.12 bits per heavy atom. The van der Waals surface area contributed by atoms with Gasteiger partial charge >= 0.3 is 11.6 Å². The first-order chi connectivity index (χ1) is 15.5. The van der Waals surface area contributed by atoms with E-state index < -0.39 is 11.6 Å². The molecule has 170 valence electrons. The smallest absolute Gasteiger partial charge is 0.346 e. The molecule has 0 amide bonds. The molecule has 3 heterocycles. The highest BCUT2D eigenvalue weighted by Crippen LogP contribution is 2.51. The number of fused-ring (bicyclic) bond motifs is 2. The van der Waals surface area contributed by atoms with Gasteiger partial charge in [-0.3, -0.25) is 0 Å². The average molecular weight is 445 g/mol. The van der Waals surface area contributed by atoms with Crippen LogP contribution >= 0.6 is 0 Å². The topological polar surface area (TPSA) is 94.5 Å². The van der Waals surface area contributed by atoms with Crippen LogP contribution in [0.5, 0.6) is 0 Å². The molecular formula is C27H28N2O4. The highest BCUT2D eigenvalue weighted by Gasteiger charge is 2.41. The maximum Gasteiger partial charge on any atom is 0.346 e. The van der Waals surface area contributed by atoms with Crippen LogP contribution in [-0.4, -0.2) is 24.2 Å². The predicted octanol–water partition coefficient (Wildman–Crippen LogP) is 5.07. The largest absolute Gasteiger partial charge is 0.477 e. The van der Waals surface area contributed by atoms with Gasteiger partial charge in [-0.2, -0.15) is 5.26 Å². The zero-order valence-corrected chi connectivity index (χ0v) is 19.4. The van der Waals surface area contributed by atoms with Crippen molar-refractivity contribution in [3.8, 4) is 6.07 Å². The zero-order valence-electron chi connectivity index (χ0n) is 19.4. The third-order valence-corrected chi connectivity index (χ3v) is 6.87. The van der Waals surface area contributed by atoms with Crippen molar-refractivity contribution < 1.29 is 14.3 Å². The maximum atomic E-state index is 12.8. The second-order valence-electron chi connectivity index (χ2n) is 10.1. The Labute approximate surface area is 193 Å². The molecule has 1 aromatic carbocycles. The van der Waals surface area contributed by atoms with E-state index >= 15 is 0 Å². The normalized spacial score (nSPS) is 19.1. The third-order valence-electron chi connectivity index (χ3n) is 6.87. The van der Waals surface area contributed by atoms with Crippen molar-refractivity contribution in [1.82, 2.24) is 0 Å². The molecule has 0 fully saturated rings. The number of rotatable bonds is 4. The summed E-state index contributed by atoms with van der Waals surface area (Å²) in [4.78, 5) is 26.1. The Hall–Kier alpha value is -3.59. The molecule has 0 atom stereocenters. The van der Waals surface area contributed by atoms with Crippen LogP contribution in [0.25, 0.3) is 17.0 Å². The van der Waals surface area contributed by atoms with E-state index in [2.05, 4.69) is 38.7 Å². The standard InChI is InChI=1S/C27H28N2O4/c1-26(2)10-12-29-13-11-27(3,4)21-22(29)20(26)15-19-14-17(25(32)33-23(19)21)8-6-5-7-9-18(16-28)24(30)31/h5-9,14-15H,10-13H2,1-4H3,(H,30,31)/b7-5+,8-6+,18-9-. The van der Waals surface area contributed by atoms with Crippen LogP contribution in [0.2, 0.25) is 0 Å². The molecule has 0 radical (unpaired) electrons. The van der Waals surface area contributed by atoms with Crippen molar-refractivity contribution in [3.05, 3.63) is 69.1 Å². The lowest BCUT2D eigenvalue weighted by atomic mass is 9.69. The Kier molecular flexibility index (Phi) is 5.53. The number of carbonyl (C=O) groups is 1. The van der Waals surface area contributed by atoms with Gasteiger partial charge in [-0.15, -0.1) is 0 Å². The van der Waals surface area contributed by atoms with Crippen LogP contribution in [0.1, 0.15) is 57.2 Å². The van der Waals surface area contributed by atoms with Crippen LogP contribution in [0.4, 0.5) is 5.69 Å². The number of carboxylic acids is 1. The van der Waals surface area contributed by atoms with Crippen LogP contribution in [-0.2, 0) is 15.6 Å². The van der Waals surface area contributed by atoms with Gasteiger partial charge in [0.25, 0.3) is 0 Å². The monoisotopic (exact) mass is 444 g/mol. The number of nitrogens with zero attached hydrogens (tertiary/aromatic N) is 2. The maximum absolute atomic E-state index is 12.8. The summed E-state index contributed by atoms with van der Waals surface area (Å²) in [6, 6.07) is 5.66. The van der Waals surface area contributed by atoms with Gasteiger partial charge in [-0.05, 0) is 53.5 Å². The quantitative estimate of drug-likeness (QED) is 0.306. The van der Waals surface area contributed by atoms with Crippen LogP contribution < -0.4 is 10.5 Å². The molecule has 0 saturated carbocycles. The molecule has 33 heavy (non-hydrogen) atoms. The van der Waals surface area contributed by atoms with E-state index in [-0.39, 0.29) is 16.4 Å². The molecule has 0 saturated heterocycles. The molecule has 0 bridgehead atoms. The fourth-order valence-corrected chi connectivity index (χ4v) is 4.82. The fraction of sp³-hybridized carbons (Fsp3) is 0.370. The van der Waals surface area contributed by atoms with Gasteiger partial charge < -0.3 is 14.4 Å². The summed E-state index contributed by atoms with van der Waals surface area (Å²) in [5.41, 5.74) is 3.92. The number of nitriles is 1. The molecule has 4 rings (SSSR count). The molecule has 1 aromatic heterocycles. The van der Waals surface area contributed by atoms with Gasteiger partial charge in [0, 0.05) is 29.7 Å². The van der Waals surface area contributed by atoms with Crippen molar-refractivity contribution in [3.63, 3.8) is 0 Å². The van der Waals surface area contributed by atoms with E-state index in [0.29, 0.717) is 11.1 Å². The number of carboxylic acid groups (broad SMARTS) is 1. The minimum atomic E-state index is -1.28. The molecule has 0 aliphatic carbocycles. The number of allylic oxidation sites excluding steroid dienone is 4. The van der Waals surface area contributed by atoms with Gasteiger partial charge in [0.15, 0.2) is 0 Å². The average Bonchev–Trinajstić information content (AvgIpc) is 2.74. The lowest BCUT2D eigenvalue weighted by molar-refractivity contribution is -0.132. The highest BCUT2D eigenvalue weighted by molar-refractivity contribution is 5.92. The van der Waals surface area contributed by atoms with E-state index in [1.165, 1.54) is 23.4 Å². The van der Waals surface area contributed by atoms with Crippen molar-refractivity contribution in [2.75, 3.05) is 18.0 Å². The van der Waals surface area contributed by atoms with Gasteiger partial charge in [-0.25, -0.2) is 9.59 Å². The summed E-state index contributed by atoms with van der Waals surface area (Å²) in [7, 11) is 0. The molecule has 2 aliphatic rings. The van der Waals surface area contributed by atoms with Gasteiger partial charge in [0.2, 0.25) is 0 Å². The van der Waals surface area contributed by atoms with Crippen molar-refractivity contribution in [2.45, 2.75) is 51.4 Å². The fourth-order valence-electron chi connectivity index (χ4n) is 4.82. The molecule has 6 heteroatoms. The van der Waals surface area contributed by atoms with E-state index in [1.54, 1.807) is 24.3 Å². The van der Waals surface area contributed by atoms with E-state index in [4.69, 9.17) is 14.8 Å². The van der Waals surface area contributed by atoms with Crippen LogP contribution in [0.3, 0.4) is 0 Å². The van der Waals surface area contributed by atoms with E-state index in [1.807, 2.05) is 6.07 Å². The Bertz CT molecular complexity index is 1330. The second kappa shape index (κ2) is 8.08. The molecule has 6 nitrogen and oxygen atoms in total. The number of hydrogen-bond acceptors (Lipinski definition) is 5. The van der Waals surface area contributed by atoms with Gasteiger partial charge in [0.05, 0.1) is 5.56 Å². The lowest BCUT2D eigenvalue weighted by Crippen LogP contribution is -2.44. The summed E-state index contributed by atoms with van der Waals surface area (Å²) in [5, 5.41) is 18.6. The van der Waals surface area contributed by atoms with Crippen molar-refractivity contribution >= 4 is 28.7 Å². The molecule has 2 aromatic rings.